The van der Waals surface area contributed by atoms with Crippen LogP contribution in [0.4, 0.5) is 5.69 Å². The zero-order chi connectivity index (χ0) is 16.8. The van der Waals surface area contributed by atoms with Crippen molar-refractivity contribution in [1.82, 2.24) is 0 Å². The molecule has 1 heterocycles. The Morgan fingerprint density at radius 1 is 1.26 bits per heavy atom. The van der Waals surface area contributed by atoms with Crippen LogP contribution in [0.3, 0.4) is 0 Å². The van der Waals surface area contributed by atoms with Gasteiger partial charge >= 0.3 is 7.12 Å². The number of hydrogen-bond donors (Lipinski definition) is 2. The lowest BCUT2D eigenvalue weighted by atomic mass is 9.78. The summed E-state index contributed by atoms with van der Waals surface area (Å²) in [4.78, 5) is 12.4. The first-order chi connectivity index (χ1) is 10.8. The molecule has 3 rings (SSSR count). The SMILES string of the molecule is Cc1cc(Br)ccc1C(=O)Nc1ccc2c(c1)B(O)OC2(C)C. The standard InChI is InChI=1S/C17H17BBrNO3/c1-10-8-11(19)4-6-13(10)16(21)20-12-5-7-14-15(9-12)18(22)23-17(14,2)3/h4-9,22H,1-3H3,(H,20,21). The van der Waals surface area contributed by atoms with Gasteiger partial charge < -0.3 is 15.0 Å². The van der Waals surface area contributed by atoms with Crippen molar-refractivity contribution >= 4 is 40.1 Å². The molecule has 6 heteroatoms. The van der Waals surface area contributed by atoms with Gasteiger partial charge in [-0.1, -0.05) is 22.0 Å². The van der Waals surface area contributed by atoms with Gasteiger partial charge in [0.25, 0.3) is 5.91 Å². The molecule has 4 nitrogen and oxygen atoms in total. The topological polar surface area (TPSA) is 58.6 Å². The van der Waals surface area contributed by atoms with Gasteiger partial charge in [0.2, 0.25) is 0 Å². The number of anilines is 1. The second-order valence-corrected chi connectivity index (χ2v) is 7.11. The monoisotopic (exact) mass is 373 g/mol. The fourth-order valence-electron chi connectivity index (χ4n) is 2.88. The maximum absolute atomic E-state index is 12.4. The molecule has 0 radical (unpaired) electrons. The molecule has 0 atom stereocenters. The number of carbonyl (C=O) groups is 1. The average molecular weight is 374 g/mol. The highest BCUT2D eigenvalue weighted by molar-refractivity contribution is 9.10. The van der Waals surface area contributed by atoms with Gasteiger partial charge in [-0.2, -0.15) is 0 Å². The normalized spacial score (nSPS) is 15.4. The number of halogens is 1. The van der Waals surface area contributed by atoms with Crippen LogP contribution in [0.15, 0.2) is 40.9 Å². The van der Waals surface area contributed by atoms with Crippen LogP contribution in [0.1, 0.15) is 35.3 Å². The molecule has 2 aromatic rings. The average Bonchev–Trinajstić information content (AvgIpc) is 2.68. The van der Waals surface area contributed by atoms with Gasteiger partial charge in [0.05, 0.1) is 5.60 Å². The Morgan fingerprint density at radius 3 is 2.70 bits per heavy atom. The molecule has 1 amide bonds. The smallest absolute Gasteiger partial charge is 0.423 e. The van der Waals surface area contributed by atoms with E-state index in [0.717, 1.165) is 15.6 Å². The van der Waals surface area contributed by atoms with Gasteiger partial charge in [0.15, 0.2) is 0 Å². The molecule has 0 spiro atoms. The van der Waals surface area contributed by atoms with E-state index in [9.17, 15) is 9.82 Å². The molecule has 2 aromatic carbocycles. The van der Waals surface area contributed by atoms with Gasteiger partial charge in [-0.25, -0.2) is 0 Å². The second-order valence-electron chi connectivity index (χ2n) is 6.20. The molecule has 0 saturated heterocycles. The Labute approximate surface area is 144 Å². The van der Waals surface area contributed by atoms with Crippen molar-refractivity contribution in [3.63, 3.8) is 0 Å². The van der Waals surface area contributed by atoms with Gasteiger partial charge in [-0.3, -0.25) is 4.79 Å². The number of fused-ring (bicyclic) bond motifs is 1. The molecule has 1 aliphatic heterocycles. The zero-order valence-electron chi connectivity index (χ0n) is 13.2. The number of rotatable bonds is 2. The number of benzene rings is 2. The summed E-state index contributed by atoms with van der Waals surface area (Å²) in [5.74, 6) is -0.178. The summed E-state index contributed by atoms with van der Waals surface area (Å²) < 4.78 is 6.47. The highest BCUT2D eigenvalue weighted by Crippen LogP contribution is 2.30. The number of nitrogens with one attached hydrogen (secondary N) is 1. The van der Waals surface area contributed by atoms with Gasteiger partial charge in [-0.05, 0) is 67.7 Å². The van der Waals surface area contributed by atoms with E-state index in [1.807, 2.05) is 45.0 Å². The van der Waals surface area contributed by atoms with Crippen molar-refractivity contribution in [1.29, 1.82) is 0 Å². The Bertz CT molecular complexity index is 791. The minimum atomic E-state index is -0.966. The molecular formula is C17H17BBrNO3. The first-order valence-electron chi connectivity index (χ1n) is 7.36. The highest BCUT2D eigenvalue weighted by atomic mass is 79.9. The van der Waals surface area contributed by atoms with Crippen molar-refractivity contribution in [3.8, 4) is 0 Å². The van der Waals surface area contributed by atoms with E-state index < -0.39 is 12.7 Å². The van der Waals surface area contributed by atoms with Gasteiger partial charge in [0.1, 0.15) is 0 Å². The number of aryl methyl sites for hydroxylation is 1. The molecule has 0 aliphatic carbocycles. The summed E-state index contributed by atoms with van der Waals surface area (Å²) in [6.45, 7) is 5.71. The third kappa shape index (κ3) is 3.07. The van der Waals surface area contributed by atoms with Crippen LogP contribution in [0.25, 0.3) is 0 Å². The fraction of sp³-hybridized carbons (Fsp3) is 0.235. The highest BCUT2D eigenvalue weighted by Gasteiger charge is 2.40. The Morgan fingerprint density at radius 2 is 2.00 bits per heavy atom. The van der Waals surface area contributed by atoms with E-state index in [4.69, 9.17) is 4.65 Å². The Balaban J connectivity index is 1.87. The number of amides is 1. The van der Waals surface area contributed by atoms with E-state index in [1.165, 1.54) is 0 Å². The van der Waals surface area contributed by atoms with Crippen LogP contribution in [-0.2, 0) is 10.3 Å². The molecule has 0 saturated carbocycles. The summed E-state index contributed by atoms with van der Waals surface area (Å²) in [6.07, 6.45) is 0. The molecule has 0 fully saturated rings. The first-order valence-corrected chi connectivity index (χ1v) is 8.15. The lowest BCUT2D eigenvalue weighted by Gasteiger charge is -2.19. The minimum absolute atomic E-state index is 0.178. The lowest BCUT2D eigenvalue weighted by Crippen LogP contribution is -2.29. The summed E-state index contributed by atoms with van der Waals surface area (Å²) in [7, 11) is -0.966. The Hall–Kier alpha value is -1.63. The molecule has 0 bridgehead atoms. The number of carbonyl (C=O) groups excluding carboxylic acids is 1. The van der Waals surface area contributed by atoms with E-state index in [0.29, 0.717) is 16.7 Å². The molecule has 0 aromatic heterocycles. The van der Waals surface area contributed by atoms with Crippen LogP contribution in [0, 0.1) is 6.92 Å². The largest absolute Gasteiger partial charge is 0.492 e. The fourth-order valence-corrected chi connectivity index (χ4v) is 3.35. The zero-order valence-corrected chi connectivity index (χ0v) is 14.8. The van der Waals surface area contributed by atoms with Crippen LogP contribution < -0.4 is 10.8 Å². The predicted molar refractivity (Wildman–Crippen MR) is 95.0 cm³/mol. The van der Waals surface area contributed by atoms with E-state index >= 15 is 0 Å². The molecular weight excluding hydrogens is 357 g/mol. The summed E-state index contributed by atoms with van der Waals surface area (Å²) in [5, 5.41) is 12.9. The summed E-state index contributed by atoms with van der Waals surface area (Å²) in [5.41, 5.74) is 3.24. The molecule has 23 heavy (non-hydrogen) atoms. The first kappa shape index (κ1) is 16.2. The third-order valence-electron chi connectivity index (χ3n) is 4.06. The molecule has 1 aliphatic rings. The maximum atomic E-state index is 12.4. The van der Waals surface area contributed by atoms with Crippen molar-refractivity contribution in [3.05, 3.63) is 57.6 Å². The van der Waals surface area contributed by atoms with Crippen LogP contribution >= 0.6 is 15.9 Å². The van der Waals surface area contributed by atoms with Gasteiger partial charge in [0, 0.05) is 15.7 Å². The predicted octanol–water partition coefficient (Wildman–Crippen LogP) is 2.96. The van der Waals surface area contributed by atoms with E-state index in [1.54, 1.807) is 12.1 Å². The third-order valence-corrected chi connectivity index (χ3v) is 4.56. The molecule has 2 N–H and O–H groups in total. The van der Waals surface area contributed by atoms with E-state index in [-0.39, 0.29) is 5.91 Å². The van der Waals surface area contributed by atoms with Crippen molar-refractivity contribution in [2.45, 2.75) is 26.4 Å². The van der Waals surface area contributed by atoms with E-state index in [2.05, 4.69) is 21.2 Å². The molecule has 118 valence electrons. The number of hydrogen-bond acceptors (Lipinski definition) is 3. The van der Waals surface area contributed by atoms with Crippen molar-refractivity contribution in [2.24, 2.45) is 0 Å². The van der Waals surface area contributed by atoms with Crippen molar-refractivity contribution in [2.75, 3.05) is 5.32 Å². The van der Waals surface area contributed by atoms with Crippen LogP contribution in [-0.4, -0.2) is 18.0 Å². The van der Waals surface area contributed by atoms with Crippen LogP contribution in [0.2, 0.25) is 0 Å². The summed E-state index contributed by atoms with van der Waals surface area (Å²) >= 11 is 3.39. The summed E-state index contributed by atoms with van der Waals surface area (Å²) in [6, 6.07) is 11.0. The van der Waals surface area contributed by atoms with Crippen LogP contribution in [0.5, 0.6) is 0 Å². The van der Waals surface area contributed by atoms with Crippen molar-refractivity contribution < 1.29 is 14.5 Å². The minimum Gasteiger partial charge on any atom is -0.423 e. The Kier molecular flexibility index (Phi) is 4.08. The maximum Gasteiger partial charge on any atom is 0.492 e. The van der Waals surface area contributed by atoms with Gasteiger partial charge in [-0.15, -0.1) is 0 Å². The lowest BCUT2D eigenvalue weighted by molar-refractivity contribution is 0.100. The quantitative estimate of drug-likeness (QED) is 0.795. The second kappa shape index (κ2) is 5.78. The molecule has 0 unspecified atom stereocenters.